The molecule has 0 bridgehead atoms. The number of aromatic nitrogens is 3. The van der Waals surface area contributed by atoms with Gasteiger partial charge >= 0.3 is 0 Å². The lowest BCUT2D eigenvalue weighted by Gasteiger charge is -2.06. The Hall–Kier alpha value is -2.64. The average Bonchev–Trinajstić information content (AvgIpc) is 3.21. The van der Waals surface area contributed by atoms with Crippen LogP contribution >= 0.6 is 23.4 Å². The molecule has 0 spiro atoms. The number of thioether (sulfide) groups is 1. The van der Waals surface area contributed by atoms with Crippen LogP contribution in [0.25, 0.3) is 11.4 Å². The summed E-state index contributed by atoms with van der Waals surface area (Å²) in [5.74, 6) is 0.812. The van der Waals surface area contributed by atoms with Gasteiger partial charge in [0.2, 0.25) is 5.91 Å². The SMILES string of the molecule is Cn1c(SCC(=O)c2ccc3c(c2)CC(=O)N3)nnc1-c1ccccc1Cl. The summed E-state index contributed by atoms with van der Waals surface area (Å²) in [4.78, 5) is 24.0. The van der Waals surface area contributed by atoms with E-state index in [1.165, 1.54) is 11.8 Å². The van der Waals surface area contributed by atoms with Crippen LogP contribution in [-0.4, -0.2) is 32.2 Å². The minimum atomic E-state index is -0.0461. The fourth-order valence-electron chi connectivity index (χ4n) is 2.93. The molecule has 0 aliphatic carbocycles. The van der Waals surface area contributed by atoms with Gasteiger partial charge in [-0.15, -0.1) is 10.2 Å². The molecule has 0 saturated heterocycles. The quantitative estimate of drug-likeness (QED) is 0.524. The highest BCUT2D eigenvalue weighted by Gasteiger charge is 2.20. The van der Waals surface area contributed by atoms with Crippen molar-refractivity contribution in [1.82, 2.24) is 14.8 Å². The third kappa shape index (κ3) is 3.48. The lowest BCUT2D eigenvalue weighted by Crippen LogP contribution is -2.04. The first-order chi connectivity index (χ1) is 13.0. The van der Waals surface area contributed by atoms with Gasteiger partial charge in [-0.1, -0.05) is 35.5 Å². The largest absolute Gasteiger partial charge is 0.326 e. The summed E-state index contributed by atoms with van der Waals surface area (Å²) >= 11 is 7.55. The van der Waals surface area contributed by atoms with Gasteiger partial charge in [0, 0.05) is 23.9 Å². The number of rotatable bonds is 5. The molecule has 2 heterocycles. The summed E-state index contributed by atoms with van der Waals surface area (Å²) in [7, 11) is 1.85. The van der Waals surface area contributed by atoms with Crippen molar-refractivity contribution in [3.63, 3.8) is 0 Å². The molecule has 0 fully saturated rings. The average molecular weight is 399 g/mol. The second kappa shape index (κ2) is 7.17. The number of amides is 1. The first-order valence-electron chi connectivity index (χ1n) is 8.26. The fraction of sp³-hybridized carbons (Fsp3) is 0.158. The molecular weight excluding hydrogens is 384 g/mol. The molecule has 136 valence electrons. The van der Waals surface area contributed by atoms with E-state index in [1.54, 1.807) is 24.3 Å². The van der Waals surface area contributed by atoms with Crippen LogP contribution in [0.15, 0.2) is 47.6 Å². The molecule has 0 atom stereocenters. The number of benzene rings is 2. The summed E-state index contributed by atoms with van der Waals surface area (Å²) in [5.41, 5.74) is 3.02. The maximum Gasteiger partial charge on any atom is 0.228 e. The maximum atomic E-state index is 12.5. The lowest BCUT2D eigenvalue weighted by atomic mass is 10.1. The van der Waals surface area contributed by atoms with Crippen molar-refractivity contribution in [2.24, 2.45) is 7.05 Å². The van der Waals surface area contributed by atoms with Gasteiger partial charge in [-0.05, 0) is 35.9 Å². The molecule has 27 heavy (non-hydrogen) atoms. The first-order valence-corrected chi connectivity index (χ1v) is 9.62. The predicted octanol–water partition coefficient (Wildman–Crippen LogP) is 3.61. The number of anilines is 1. The van der Waals surface area contributed by atoms with Crippen molar-refractivity contribution in [1.29, 1.82) is 0 Å². The van der Waals surface area contributed by atoms with Gasteiger partial charge in [-0.25, -0.2) is 0 Å². The minimum Gasteiger partial charge on any atom is -0.326 e. The van der Waals surface area contributed by atoms with Gasteiger partial charge in [0.25, 0.3) is 0 Å². The van der Waals surface area contributed by atoms with Gasteiger partial charge < -0.3 is 9.88 Å². The van der Waals surface area contributed by atoms with E-state index in [4.69, 9.17) is 11.6 Å². The number of hydrogen-bond acceptors (Lipinski definition) is 5. The number of carbonyl (C=O) groups is 2. The van der Waals surface area contributed by atoms with E-state index < -0.39 is 0 Å². The van der Waals surface area contributed by atoms with Crippen molar-refractivity contribution in [3.8, 4) is 11.4 Å². The Morgan fingerprint density at radius 2 is 2.07 bits per heavy atom. The monoisotopic (exact) mass is 398 g/mol. The Labute approximate surface area is 164 Å². The topological polar surface area (TPSA) is 76.9 Å². The smallest absolute Gasteiger partial charge is 0.228 e. The van der Waals surface area contributed by atoms with Crippen molar-refractivity contribution in [2.75, 3.05) is 11.1 Å². The van der Waals surface area contributed by atoms with Crippen molar-refractivity contribution >= 4 is 40.7 Å². The Morgan fingerprint density at radius 1 is 1.26 bits per heavy atom. The first kappa shape index (κ1) is 17.8. The summed E-state index contributed by atoms with van der Waals surface area (Å²) in [6.07, 6.45) is 0.314. The predicted molar refractivity (Wildman–Crippen MR) is 105 cm³/mol. The second-order valence-electron chi connectivity index (χ2n) is 6.15. The van der Waals surface area contributed by atoms with Gasteiger partial charge in [-0.2, -0.15) is 0 Å². The Balaban J connectivity index is 1.48. The summed E-state index contributed by atoms with van der Waals surface area (Å²) in [6.45, 7) is 0. The minimum absolute atomic E-state index is 0.0237. The van der Waals surface area contributed by atoms with E-state index >= 15 is 0 Å². The van der Waals surface area contributed by atoms with Crippen molar-refractivity contribution in [2.45, 2.75) is 11.6 Å². The van der Waals surface area contributed by atoms with Gasteiger partial charge in [-0.3, -0.25) is 9.59 Å². The molecule has 1 aliphatic rings. The standard InChI is InChI=1S/C19H15ClN4O2S/c1-24-18(13-4-2-3-5-14(13)20)22-23-19(24)27-10-16(25)11-6-7-15-12(8-11)9-17(26)21-15/h2-8H,9-10H2,1H3,(H,21,26). The number of fused-ring (bicyclic) bond motifs is 1. The summed E-state index contributed by atoms with van der Waals surface area (Å²) in [6, 6.07) is 12.7. The third-order valence-corrected chi connectivity index (χ3v) is 5.68. The molecule has 0 unspecified atom stereocenters. The van der Waals surface area contributed by atoms with Crippen molar-refractivity contribution < 1.29 is 9.59 Å². The van der Waals surface area contributed by atoms with Gasteiger partial charge in [0.15, 0.2) is 16.8 Å². The summed E-state index contributed by atoms with van der Waals surface area (Å²) < 4.78 is 1.82. The lowest BCUT2D eigenvalue weighted by molar-refractivity contribution is -0.115. The number of Topliss-reactive ketones (excluding diaryl/α,β-unsaturated/α-hetero) is 1. The molecule has 0 saturated carbocycles. The van der Waals surface area contributed by atoms with Crippen LogP contribution in [0, 0.1) is 0 Å². The highest BCUT2D eigenvalue weighted by atomic mass is 35.5. The molecular formula is C19H15ClN4O2S. The van der Waals surface area contributed by atoms with E-state index in [1.807, 2.05) is 29.8 Å². The number of ketones is 1. The molecule has 2 aromatic carbocycles. The zero-order chi connectivity index (χ0) is 19.0. The zero-order valence-electron chi connectivity index (χ0n) is 14.4. The van der Waals surface area contributed by atoms with E-state index in [9.17, 15) is 9.59 Å². The highest BCUT2D eigenvalue weighted by Crippen LogP contribution is 2.29. The molecule has 0 radical (unpaired) electrons. The molecule has 8 heteroatoms. The van der Waals surface area contributed by atoms with E-state index in [-0.39, 0.29) is 17.4 Å². The fourth-order valence-corrected chi connectivity index (χ4v) is 3.96. The molecule has 1 amide bonds. The third-order valence-electron chi connectivity index (χ3n) is 4.33. The van der Waals surface area contributed by atoms with Crippen LogP contribution in [0.1, 0.15) is 15.9 Å². The van der Waals surface area contributed by atoms with Gasteiger partial charge in [0.1, 0.15) is 0 Å². The van der Waals surface area contributed by atoms with E-state index in [0.717, 1.165) is 16.8 Å². The Kier molecular flexibility index (Phi) is 4.72. The normalized spacial score (nSPS) is 12.7. The zero-order valence-corrected chi connectivity index (χ0v) is 16.0. The van der Waals surface area contributed by atoms with Crippen LogP contribution in [0.3, 0.4) is 0 Å². The van der Waals surface area contributed by atoms with E-state index in [2.05, 4.69) is 15.5 Å². The molecule has 6 nitrogen and oxygen atoms in total. The van der Waals surface area contributed by atoms with Crippen LogP contribution in [0.2, 0.25) is 5.02 Å². The number of nitrogens with zero attached hydrogens (tertiary/aromatic N) is 3. The summed E-state index contributed by atoms with van der Waals surface area (Å²) in [5, 5.41) is 12.4. The number of carbonyl (C=O) groups excluding carboxylic acids is 2. The second-order valence-corrected chi connectivity index (χ2v) is 7.50. The molecule has 4 rings (SSSR count). The number of halogens is 1. The molecule has 3 aromatic rings. The molecule has 1 aromatic heterocycles. The van der Waals surface area contributed by atoms with E-state index in [0.29, 0.717) is 28.0 Å². The Morgan fingerprint density at radius 3 is 2.89 bits per heavy atom. The highest BCUT2D eigenvalue weighted by molar-refractivity contribution is 7.99. The van der Waals surface area contributed by atoms with Crippen LogP contribution in [0.4, 0.5) is 5.69 Å². The molecule has 1 aliphatic heterocycles. The number of hydrogen-bond donors (Lipinski definition) is 1. The van der Waals surface area contributed by atoms with Crippen molar-refractivity contribution in [3.05, 3.63) is 58.6 Å². The molecule has 1 N–H and O–H groups in total. The Bertz CT molecular complexity index is 1060. The van der Waals surface area contributed by atoms with Crippen LogP contribution in [0.5, 0.6) is 0 Å². The van der Waals surface area contributed by atoms with Gasteiger partial charge in [0.05, 0.1) is 17.2 Å². The van der Waals surface area contributed by atoms with Crippen LogP contribution in [-0.2, 0) is 18.3 Å². The number of nitrogens with one attached hydrogen (secondary N) is 1. The van der Waals surface area contributed by atoms with Crippen LogP contribution < -0.4 is 5.32 Å². The maximum absolute atomic E-state index is 12.5.